The smallest absolute Gasteiger partial charge is 0.145 e. The van der Waals surface area contributed by atoms with Crippen molar-refractivity contribution >= 4 is 17.4 Å². The Labute approximate surface area is 129 Å². The quantitative estimate of drug-likeness (QED) is 0.770. The number of nitriles is 1. The average Bonchev–Trinajstić information content (AvgIpc) is 2.47. The molecule has 0 saturated carbocycles. The molecule has 1 aromatic rings. The Balaban J connectivity index is 2.12. The van der Waals surface area contributed by atoms with Gasteiger partial charge in [-0.05, 0) is 19.9 Å². The van der Waals surface area contributed by atoms with E-state index >= 15 is 0 Å². The molecule has 0 unspecified atom stereocenters. The zero-order chi connectivity index (χ0) is 15.5. The largest absolute Gasteiger partial charge is 0.394 e. The molecular weight excluding hydrogens is 292 g/mol. The zero-order valence-electron chi connectivity index (χ0n) is 12.1. The molecule has 3 N–H and O–H groups in total. The van der Waals surface area contributed by atoms with Crippen molar-refractivity contribution in [2.45, 2.75) is 25.4 Å². The van der Waals surface area contributed by atoms with Crippen LogP contribution in [-0.2, 0) is 4.74 Å². The van der Waals surface area contributed by atoms with E-state index in [2.05, 4.69) is 15.6 Å². The second-order valence-corrected chi connectivity index (χ2v) is 5.82. The van der Waals surface area contributed by atoms with Gasteiger partial charge in [0.15, 0.2) is 0 Å². The lowest BCUT2D eigenvalue weighted by atomic mass is 9.99. The molecule has 0 amide bonds. The van der Waals surface area contributed by atoms with Crippen LogP contribution in [0, 0.1) is 18.3 Å². The summed E-state index contributed by atoms with van der Waals surface area (Å²) in [4.78, 5) is 4.30. The molecule has 0 radical (unpaired) electrons. The van der Waals surface area contributed by atoms with E-state index < -0.39 is 5.54 Å². The van der Waals surface area contributed by atoms with Gasteiger partial charge < -0.3 is 20.5 Å². The maximum Gasteiger partial charge on any atom is 0.145 e. The summed E-state index contributed by atoms with van der Waals surface area (Å²) in [5.41, 5.74) is 0.503. The Morgan fingerprint density at radius 2 is 2.48 bits per heavy atom. The van der Waals surface area contributed by atoms with Crippen LogP contribution < -0.4 is 10.6 Å². The molecule has 0 bridgehead atoms. The third kappa shape index (κ3) is 3.63. The SMILES string of the molecule is Cc1nc(NC[C@]2(CO)COC[C@@H](C)N2)c(Cl)cc1C#N. The number of aryl methyl sites for hydroxylation is 1. The van der Waals surface area contributed by atoms with Gasteiger partial charge in [-0.1, -0.05) is 11.6 Å². The van der Waals surface area contributed by atoms with Crippen molar-refractivity contribution in [3.63, 3.8) is 0 Å². The monoisotopic (exact) mass is 310 g/mol. The molecule has 1 aromatic heterocycles. The molecule has 21 heavy (non-hydrogen) atoms. The number of nitrogens with one attached hydrogen (secondary N) is 2. The van der Waals surface area contributed by atoms with Crippen molar-refractivity contribution in [1.82, 2.24) is 10.3 Å². The predicted molar refractivity (Wildman–Crippen MR) is 80.4 cm³/mol. The maximum absolute atomic E-state index is 9.66. The van der Waals surface area contributed by atoms with E-state index in [1.54, 1.807) is 13.0 Å². The Morgan fingerprint density at radius 3 is 3.10 bits per heavy atom. The maximum atomic E-state index is 9.66. The number of hydrogen-bond donors (Lipinski definition) is 3. The molecule has 0 spiro atoms. The lowest BCUT2D eigenvalue weighted by molar-refractivity contribution is -0.0158. The van der Waals surface area contributed by atoms with Gasteiger partial charge in [0.25, 0.3) is 0 Å². The number of halogens is 1. The van der Waals surface area contributed by atoms with Gasteiger partial charge in [-0.2, -0.15) is 5.26 Å². The molecular formula is C14H19ClN4O2. The van der Waals surface area contributed by atoms with Gasteiger partial charge in [0.05, 0.1) is 41.6 Å². The number of pyridine rings is 1. The number of morpholine rings is 1. The molecule has 114 valence electrons. The van der Waals surface area contributed by atoms with E-state index in [4.69, 9.17) is 21.6 Å². The first-order valence-electron chi connectivity index (χ1n) is 6.77. The average molecular weight is 311 g/mol. The normalized spacial score (nSPS) is 25.4. The van der Waals surface area contributed by atoms with Gasteiger partial charge >= 0.3 is 0 Å². The van der Waals surface area contributed by atoms with Crippen molar-refractivity contribution < 1.29 is 9.84 Å². The molecule has 7 heteroatoms. The Bertz CT molecular complexity index is 561. The first-order chi connectivity index (χ1) is 9.99. The molecule has 1 aliphatic heterocycles. The Kier molecular flexibility index (Phi) is 5.01. The Morgan fingerprint density at radius 1 is 1.71 bits per heavy atom. The molecule has 6 nitrogen and oxygen atoms in total. The third-order valence-corrected chi connectivity index (χ3v) is 3.77. The van der Waals surface area contributed by atoms with Gasteiger partial charge in [-0.15, -0.1) is 0 Å². The van der Waals surface area contributed by atoms with Gasteiger partial charge in [0.2, 0.25) is 0 Å². The number of aromatic nitrogens is 1. The summed E-state index contributed by atoms with van der Waals surface area (Å²) in [6.07, 6.45) is 0. The zero-order valence-corrected chi connectivity index (χ0v) is 12.9. The summed E-state index contributed by atoms with van der Waals surface area (Å²) in [7, 11) is 0. The van der Waals surface area contributed by atoms with Crippen molar-refractivity contribution in [2.75, 3.05) is 31.7 Å². The fraction of sp³-hybridized carbons (Fsp3) is 0.571. The third-order valence-electron chi connectivity index (χ3n) is 3.48. The lowest BCUT2D eigenvalue weighted by Crippen LogP contribution is -2.63. The van der Waals surface area contributed by atoms with Gasteiger partial charge in [0.1, 0.15) is 11.9 Å². The van der Waals surface area contributed by atoms with Gasteiger partial charge in [-0.25, -0.2) is 4.98 Å². The van der Waals surface area contributed by atoms with Crippen LogP contribution in [0.15, 0.2) is 6.07 Å². The van der Waals surface area contributed by atoms with Crippen molar-refractivity contribution in [1.29, 1.82) is 5.26 Å². The number of rotatable bonds is 4. The second kappa shape index (κ2) is 6.58. The van der Waals surface area contributed by atoms with Crippen LogP contribution >= 0.6 is 11.6 Å². The number of nitrogens with zero attached hydrogens (tertiary/aromatic N) is 2. The van der Waals surface area contributed by atoms with Crippen LogP contribution in [0.4, 0.5) is 5.82 Å². The molecule has 1 saturated heterocycles. The second-order valence-electron chi connectivity index (χ2n) is 5.42. The molecule has 0 aliphatic carbocycles. The molecule has 1 fully saturated rings. The van der Waals surface area contributed by atoms with Crippen LogP contribution in [-0.4, -0.2) is 48.0 Å². The number of anilines is 1. The standard InChI is InChI=1S/C14H19ClN4O2/c1-9-5-21-8-14(7-20,19-9)6-17-13-12(15)3-11(4-16)10(2)18-13/h3,9,19-20H,5-8H2,1-2H3,(H,17,18)/t9-,14+/m1/s1. The van der Waals surface area contributed by atoms with Crippen LogP contribution in [0.25, 0.3) is 0 Å². The molecule has 2 heterocycles. The van der Waals surface area contributed by atoms with Gasteiger partial charge in [0, 0.05) is 12.6 Å². The summed E-state index contributed by atoms with van der Waals surface area (Å²) in [6, 6.07) is 3.80. The summed E-state index contributed by atoms with van der Waals surface area (Å²) in [5.74, 6) is 0.501. The highest BCUT2D eigenvalue weighted by atomic mass is 35.5. The van der Waals surface area contributed by atoms with Crippen LogP contribution in [0.3, 0.4) is 0 Å². The molecule has 0 aromatic carbocycles. The van der Waals surface area contributed by atoms with Crippen molar-refractivity contribution in [2.24, 2.45) is 0 Å². The molecule has 2 atom stereocenters. The molecule has 1 aliphatic rings. The summed E-state index contributed by atoms with van der Waals surface area (Å²) in [5, 5.41) is 25.5. The molecule has 2 rings (SSSR count). The topological polar surface area (TPSA) is 90.2 Å². The van der Waals surface area contributed by atoms with Crippen LogP contribution in [0.5, 0.6) is 0 Å². The van der Waals surface area contributed by atoms with Crippen LogP contribution in [0.1, 0.15) is 18.2 Å². The van der Waals surface area contributed by atoms with Crippen LogP contribution in [0.2, 0.25) is 5.02 Å². The van der Waals surface area contributed by atoms with Crippen molar-refractivity contribution in [3.8, 4) is 6.07 Å². The highest BCUT2D eigenvalue weighted by Gasteiger charge is 2.34. The number of ether oxygens (including phenoxy) is 1. The fourth-order valence-electron chi connectivity index (χ4n) is 2.36. The lowest BCUT2D eigenvalue weighted by Gasteiger charge is -2.40. The first kappa shape index (κ1) is 16.0. The van der Waals surface area contributed by atoms with E-state index in [1.807, 2.05) is 13.0 Å². The van der Waals surface area contributed by atoms with E-state index in [-0.39, 0.29) is 12.6 Å². The van der Waals surface area contributed by atoms with Crippen molar-refractivity contribution in [3.05, 3.63) is 22.3 Å². The summed E-state index contributed by atoms with van der Waals surface area (Å²) in [6.45, 7) is 5.15. The number of hydrogen-bond acceptors (Lipinski definition) is 6. The number of aliphatic hydroxyl groups excluding tert-OH is 1. The number of aliphatic hydroxyl groups is 1. The summed E-state index contributed by atoms with van der Waals surface area (Å²) >= 11 is 6.12. The van der Waals surface area contributed by atoms with E-state index in [9.17, 15) is 5.11 Å². The first-order valence-corrected chi connectivity index (χ1v) is 7.15. The van der Waals surface area contributed by atoms with E-state index in [0.717, 1.165) is 0 Å². The minimum Gasteiger partial charge on any atom is -0.394 e. The highest BCUT2D eigenvalue weighted by Crippen LogP contribution is 2.23. The van der Waals surface area contributed by atoms with E-state index in [0.29, 0.717) is 41.9 Å². The summed E-state index contributed by atoms with van der Waals surface area (Å²) < 4.78 is 5.51. The highest BCUT2D eigenvalue weighted by molar-refractivity contribution is 6.33. The van der Waals surface area contributed by atoms with Gasteiger partial charge in [-0.3, -0.25) is 0 Å². The Hall–Kier alpha value is -1.39. The minimum absolute atomic E-state index is 0.0583. The minimum atomic E-state index is -0.565. The predicted octanol–water partition coefficient (Wildman–Crippen LogP) is 1.07. The van der Waals surface area contributed by atoms with E-state index in [1.165, 1.54) is 0 Å². The fourth-order valence-corrected chi connectivity index (χ4v) is 2.58.